The molecule has 7 heteroatoms. The third-order valence-electron chi connectivity index (χ3n) is 3.22. The monoisotopic (exact) mass is 379 g/mol. The van der Waals surface area contributed by atoms with Crippen molar-refractivity contribution in [3.63, 3.8) is 0 Å². The maximum atomic E-state index is 12.0. The summed E-state index contributed by atoms with van der Waals surface area (Å²) in [5.41, 5.74) is 1.73. The van der Waals surface area contributed by atoms with E-state index in [1.165, 1.54) is 0 Å². The quantitative estimate of drug-likeness (QED) is 0.704. The lowest BCUT2D eigenvalue weighted by Gasteiger charge is -2.11. The Hall–Kier alpha value is -2.24. The van der Waals surface area contributed by atoms with E-state index in [9.17, 15) is 9.59 Å². The summed E-state index contributed by atoms with van der Waals surface area (Å²) in [5.74, 6) is -0.388. The van der Waals surface area contributed by atoms with Gasteiger partial charge in [0.1, 0.15) is 0 Å². The molecule has 0 fully saturated rings. The highest BCUT2D eigenvalue weighted by Crippen LogP contribution is 2.25. The molecule has 0 radical (unpaired) electrons. The van der Waals surface area contributed by atoms with Crippen LogP contribution in [0.25, 0.3) is 0 Å². The van der Waals surface area contributed by atoms with Gasteiger partial charge in [-0.05, 0) is 56.3 Å². The fourth-order valence-electron chi connectivity index (χ4n) is 2.06. The minimum Gasteiger partial charge on any atom is -0.375 e. The Morgan fingerprint density at radius 3 is 2.36 bits per heavy atom. The molecule has 0 atom stereocenters. The van der Waals surface area contributed by atoms with E-state index < -0.39 is 0 Å². The molecule has 0 aliphatic heterocycles. The lowest BCUT2D eigenvalue weighted by atomic mass is 10.2. The highest BCUT2D eigenvalue weighted by molar-refractivity contribution is 6.35. The first-order valence-electron chi connectivity index (χ1n) is 7.75. The van der Waals surface area contributed by atoms with Crippen molar-refractivity contribution in [2.45, 2.75) is 19.9 Å². The van der Waals surface area contributed by atoms with Crippen LogP contribution in [0.1, 0.15) is 24.2 Å². The summed E-state index contributed by atoms with van der Waals surface area (Å²) in [6.45, 7) is 3.83. The number of halogens is 2. The topological polar surface area (TPSA) is 70.2 Å². The second-order valence-corrected chi connectivity index (χ2v) is 6.58. The molecule has 0 saturated heterocycles. The molecule has 0 bridgehead atoms. The molecule has 2 aromatic carbocycles. The Morgan fingerprint density at radius 1 is 1.04 bits per heavy atom. The average Bonchev–Trinajstić information content (AvgIpc) is 2.55. The maximum Gasteiger partial charge on any atom is 0.251 e. The molecule has 2 amide bonds. The number of anilines is 2. The van der Waals surface area contributed by atoms with Crippen LogP contribution in [0.3, 0.4) is 0 Å². The van der Waals surface area contributed by atoms with E-state index >= 15 is 0 Å². The third-order valence-corrected chi connectivity index (χ3v) is 3.78. The van der Waals surface area contributed by atoms with Crippen LogP contribution in [-0.4, -0.2) is 24.4 Å². The maximum absolute atomic E-state index is 12.0. The van der Waals surface area contributed by atoms with Crippen molar-refractivity contribution >= 4 is 46.4 Å². The molecule has 0 saturated carbocycles. The van der Waals surface area contributed by atoms with Crippen molar-refractivity contribution < 1.29 is 9.59 Å². The minimum absolute atomic E-state index is 0.0374. The fraction of sp³-hybridized carbons (Fsp3) is 0.222. The van der Waals surface area contributed by atoms with E-state index in [-0.39, 0.29) is 24.4 Å². The second-order valence-electron chi connectivity index (χ2n) is 5.73. The van der Waals surface area contributed by atoms with Crippen molar-refractivity contribution in [3.8, 4) is 0 Å². The van der Waals surface area contributed by atoms with Crippen LogP contribution in [0.15, 0.2) is 42.5 Å². The predicted octanol–water partition coefficient (Wildman–Crippen LogP) is 4.18. The molecular weight excluding hydrogens is 361 g/mol. The fourth-order valence-corrected chi connectivity index (χ4v) is 2.42. The number of amides is 2. The van der Waals surface area contributed by atoms with Gasteiger partial charge in [-0.15, -0.1) is 0 Å². The van der Waals surface area contributed by atoms with Crippen molar-refractivity contribution in [2.24, 2.45) is 0 Å². The van der Waals surface area contributed by atoms with E-state index in [0.717, 1.165) is 0 Å². The molecule has 0 aliphatic carbocycles. The van der Waals surface area contributed by atoms with Crippen molar-refractivity contribution in [1.29, 1.82) is 0 Å². The predicted molar refractivity (Wildman–Crippen MR) is 103 cm³/mol. The SMILES string of the molecule is CC(C)NC(=O)c1ccc(NC(=O)CNc2cc(Cl)ccc2Cl)cc1. The van der Waals surface area contributed by atoms with Crippen molar-refractivity contribution in [3.05, 3.63) is 58.1 Å². The normalized spacial score (nSPS) is 10.4. The summed E-state index contributed by atoms with van der Waals surface area (Å²) < 4.78 is 0. The minimum atomic E-state index is -0.240. The zero-order chi connectivity index (χ0) is 18.4. The van der Waals surface area contributed by atoms with Gasteiger partial charge >= 0.3 is 0 Å². The summed E-state index contributed by atoms with van der Waals surface area (Å²) in [6, 6.07) is 11.7. The summed E-state index contributed by atoms with van der Waals surface area (Å²) in [5, 5.41) is 9.50. The molecule has 132 valence electrons. The Labute approximate surface area is 156 Å². The largest absolute Gasteiger partial charge is 0.375 e. The van der Waals surface area contributed by atoms with Crippen LogP contribution in [0.2, 0.25) is 10.0 Å². The molecule has 5 nitrogen and oxygen atoms in total. The Kier molecular flexibility index (Phi) is 6.67. The second kappa shape index (κ2) is 8.74. The molecule has 0 aromatic heterocycles. The first-order valence-corrected chi connectivity index (χ1v) is 8.50. The number of nitrogens with one attached hydrogen (secondary N) is 3. The molecule has 0 aliphatic rings. The van der Waals surface area contributed by atoms with Crippen molar-refractivity contribution in [1.82, 2.24) is 5.32 Å². The molecule has 2 aromatic rings. The van der Waals surface area contributed by atoms with Crippen molar-refractivity contribution in [2.75, 3.05) is 17.2 Å². The van der Waals surface area contributed by atoms with Gasteiger partial charge in [0.05, 0.1) is 17.3 Å². The zero-order valence-corrected chi connectivity index (χ0v) is 15.4. The number of hydrogen-bond acceptors (Lipinski definition) is 3. The van der Waals surface area contributed by atoms with Gasteiger partial charge in [0.2, 0.25) is 5.91 Å². The molecule has 0 heterocycles. The zero-order valence-electron chi connectivity index (χ0n) is 13.9. The number of hydrogen-bond donors (Lipinski definition) is 3. The van der Waals surface area contributed by atoms with Crippen LogP contribution < -0.4 is 16.0 Å². The number of benzene rings is 2. The van der Waals surface area contributed by atoms with Crippen LogP contribution in [-0.2, 0) is 4.79 Å². The highest BCUT2D eigenvalue weighted by atomic mass is 35.5. The van der Waals surface area contributed by atoms with E-state index in [1.54, 1.807) is 42.5 Å². The van der Waals surface area contributed by atoms with Crippen LogP contribution in [0.4, 0.5) is 11.4 Å². The lowest BCUT2D eigenvalue weighted by Crippen LogP contribution is -2.30. The molecule has 0 spiro atoms. The number of carbonyl (C=O) groups excluding carboxylic acids is 2. The van der Waals surface area contributed by atoms with E-state index in [0.29, 0.717) is 27.0 Å². The average molecular weight is 380 g/mol. The van der Waals surface area contributed by atoms with E-state index in [1.807, 2.05) is 13.8 Å². The summed E-state index contributed by atoms with van der Waals surface area (Å²) in [6.07, 6.45) is 0. The Bertz CT molecular complexity index is 761. The highest BCUT2D eigenvalue weighted by Gasteiger charge is 2.08. The van der Waals surface area contributed by atoms with Crippen LogP contribution in [0, 0.1) is 0 Å². The lowest BCUT2D eigenvalue weighted by molar-refractivity contribution is -0.114. The molecule has 2 rings (SSSR count). The first-order chi connectivity index (χ1) is 11.8. The van der Waals surface area contributed by atoms with Crippen LogP contribution in [0.5, 0.6) is 0 Å². The third kappa shape index (κ3) is 5.96. The molecule has 0 unspecified atom stereocenters. The summed E-state index contributed by atoms with van der Waals surface area (Å²) in [7, 11) is 0. The smallest absolute Gasteiger partial charge is 0.251 e. The molecule has 25 heavy (non-hydrogen) atoms. The first kappa shape index (κ1) is 19.1. The van der Waals surface area contributed by atoms with E-state index in [2.05, 4.69) is 16.0 Å². The van der Waals surface area contributed by atoms with Crippen LogP contribution >= 0.6 is 23.2 Å². The summed E-state index contributed by atoms with van der Waals surface area (Å²) in [4.78, 5) is 23.9. The van der Waals surface area contributed by atoms with Gasteiger partial charge < -0.3 is 16.0 Å². The molecular formula is C18H19Cl2N3O2. The summed E-state index contributed by atoms with van der Waals surface area (Å²) >= 11 is 11.9. The van der Waals surface area contributed by atoms with Gasteiger partial charge in [-0.1, -0.05) is 23.2 Å². The van der Waals surface area contributed by atoms with Gasteiger partial charge in [-0.25, -0.2) is 0 Å². The Morgan fingerprint density at radius 2 is 1.72 bits per heavy atom. The standard InChI is InChI=1S/C18H19Cl2N3O2/c1-11(2)22-18(25)12-3-6-14(7-4-12)23-17(24)10-21-16-9-13(19)5-8-15(16)20/h3-9,11,21H,10H2,1-2H3,(H,22,25)(H,23,24). The van der Waals surface area contributed by atoms with E-state index in [4.69, 9.17) is 23.2 Å². The number of carbonyl (C=O) groups is 2. The molecule has 3 N–H and O–H groups in total. The van der Waals surface area contributed by atoms with Gasteiger partial charge in [0.25, 0.3) is 5.91 Å². The van der Waals surface area contributed by atoms with Gasteiger partial charge in [0, 0.05) is 22.3 Å². The van der Waals surface area contributed by atoms with Gasteiger partial charge in [-0.3, -0.25) is 9.59 Å². The van der Waals surface area contributed by atoms with Gasteiger partial charge in [0.15, 0.2) is 0 Å². The van der Waals surface area contributed by atoms with Gasteiger partial charge in [-0.2, -0.15) is 0 Å². The number of rotatable bonds is 6. The Balaban J connectivity index is 1.90.